The van der Waals surface area contributed by atoms with E-state index in [9.17, 15) is 4.79 Å². The van der Waals surface area contributed by atoms with E-state index in [1.54, 1.807) is 11.4 Å². The molecule has 0 spiro atoms. The molecular formula is C12H11N5O3S. The van der Waals surface area contributed by atoms with Gasteiger partial charge in [-0.05, 0) is 43.3 Å². The summed E-state index contributed by atoms with van der Waals surface area (Å²) in [6.45, 7) is 3.91. The summed E-state index contributed by atoms with van der Waals surface area (Å²) in [5.74, 6) is -0.797. The van der Waals surface area contributed by atoms with E-state index in [2.05, 4.69) is 20.3 Å². The monoisotopic (exact) mass is 305 g/mol. The molecule has 0 saturated carbocycles. The summed E-state index contributed by atoms with van der Waals surface area (Å²) in [4.78, 5) is 15.6. The van der Waals surface area contributed by atoms with E-state index in [-0.39, 0.29) is 17.7 Å². The third kappa shape index (κ3) is 2.72. The Balaban J connectivity index is 1.89. The van der Waals surface area contributed by atoms with Crippen LogP contribution in [0.25, 0.3) is 5.65 Å². The lowest BCUT2D eigenvalue weighted by Crippen LogP contribution is -2.04. The van der Waals surface area contributed by atoms with Gasteiger partial charge in [0.2, 0.25) is 0 Å². The Morgan fingerprint density at radius 3 is 3.10 bits per heavy atom. The average Bonchev–Trinajstić information content (AvgIpc) is 3.07. The van der Waals surface area contributed by atoms with Crippen molar-refractivity contribution in [1.82, 2.24) is 24.8 Å². The summed E-state index contributed by atoms with van der Waals surface area (Å²) < 4.78 is 11.7. The Morgan fingerprint density at radius 2 is 2.29 bits per heavy atom. The molecule has 0 N–H and O–H groups in total. The van der Waals surface area contributed by atoms with Gasteiger partial charge in [-0.2, -0.15) is 5.10 Å². The van der Waals surface area contributed by atoms with Crippen molar-refractivity contribution in [2.75, 3.05) is 6.61 Å². The average molecular weight is 305 g/mol. The summed E-state index contributed by atoms with van der Waals surface area (Å²) in [7, 11) is 0. The van der Waals surface area contributed by atoms with Crippen molar-refractivity contribution in [3.8, 4) is 0 Å². The number of aromatic nitrogens is 5. The highest BCUT2D eigenvalue weighted by Crippen LogP contribution is 2.27. The minimum atomic E-state index is -0.632. The van der Waals surface area contributed by atoms with Crippen LogP contribution in [0.3, 0.4) is 0 Å². The highest BCUT2D eigenvalue weighted by atomic mass is 32.2. The molecule has 0 unspecified atom stereocenters. The number of hydrogen-bond donors (Lipinski definition) is 0. The number of rotatable bonds is 4. The fourth-order valence-corrected chi connectivity index (χ4v) is 2.56. The lowest BCUT2D eigenvalue weighted by Gasteiger charge is -2.02. The first kappa shape index (κ1) is 13.6. The predicted octanol–water partition coefficient (Wildman–Crippen LogP) is 1.75. The number of pyridine rings is 1. The lowest BCUT2D eigenvalue weighted by atomic mass is 10.3. The topological polar surface area (TPSA) is 95.4 Å². The Hall–Kier alpha value is -2.42. The van der Waals surface area contributed by atoms with E-state index in [4.69, 9.17) is 9.15 Å². The first-order chi connectivity index (χ1) is 10.2. The van der Waals surface area contributed by atoms with Crippen LogP contribution in [-0.4, -0.2) is 37.4 Å². The van der Waals surface area contributed by atoms with Gasteiger partial charge in [-0.3, -0.25) is 0 Å². The second-order valence-corrected chi connectivity index (χ2v) is 5.07. The third-order valence-electron chi connectivity index (χ3n) is 2.54. The summed E-state index contributed by atoms with van der Waals surface area (Å²) in [5, 5.41) is 12.6. The number of carbonyl (C=O) groups is 1. The van der Waals surface area contributed by atoms with Crippen LogP contribution in [0.1, 0.15) is 23.2 Å². The maximum Gasteiger partial charge on any atom is 0.396 e. The second-order valence-electron chi connectivity index (χ2n) is 4.10. The van der Waals surface area contributed by atoms with E-state index >= 15 is 0 Å². The number of ether oxygens (including phenoxy) is 1. The molecular weight excluding hydrogens is 294 g/mol. The van der Waals surface area contributed by atoms with E-state index in [1.807, 2.05) is 19.1 Å². The molecule has 0 saturated heterocycles. The first-order valence-electron chi connectivity index (χ1n) is 6.16. The Bertz CT molecular complexity index is 797. The first-order valence-corrected chi connectivity index (χ1v) is 6.98. The minimum Gasteiger partial charge on any atom is -0.459 e. The van der Waals surface area contributed by atoms with Gasteiger partial charge in [-0.25, -0.2) is 14.3 Å². The summed E-state index contributed by atoms with van der Waals surface area (Å²) in [6, 6.07) is 3.83. The molecule has 0 bridgehead atoms. The number of esters is 1. The molecule has 3 rings (SSSR count). The number of nitrogens with zero attached hydrogens (tertiary/aromatic N) is 5. The van der Waals surface area contributed by atoms with Crippen molar-refractivity contribution >= 4 is 23.4 Å². The van der Waals surface area contributed by atoms with E-state index < -0.39 is 5.97 Å². The van der Waals surface area contributed by atoms with Gasteiger partial charge < -0.3 is 9.15 Å². The van der Waals surface area contributed by atoms with E-state index in [1.165, 1.54) is 18.1 Å². The largest absolute Gasteiger partial charge is 0.459 e. The lowest BCUT2D eigenvalue weighted by molar-refractivity contribution is 0.0475. The number of carbonyl (C=O) groups excluding carboxylic acids is 1. The Morgan fingerprint density at radius 1 is 1.43 bits per heavy atom. The number of hydrogen-bond acceptors (Lipinski definition) is 8. The fraction of sp³-hybridized carbons (Fsp3) is 0.250. The van der Waals surface area contributed by atoms with Crippen LogP contribution >= 0.6 is 11.8 Å². The maximum absolute atomic E-state index is 11.5. The molecule has 21 heavy (non-hydrogen) atoms. The van der Waals surface area contributed by atoms with Crippen molar-refractivity contribution in [3.05, 3.63) is 29.9 Å². The molecule has 0 radical (unpaired) electrons. The number of fused-ring (bicyclic) bond motifs is 1. The van der Waals surface area contributed by atoms with E-state index in [0.717, 1.165) is 16.2 Å². The minimum absolute atomic E-state index is 0.165. The van der Waals surface area contributed by atoms with Gasteiger partial charge >= 0.3 is 11.9 Å². The van der Waals surface area contributed by atoms with Crippen molar-refractivity contribution < 1.29 is 13.9 Å². The van der Waals surface area contributed by atoms with Crippen LogP contribution in [0.4, 0.5) is 0 Å². The van der Waals surface area contributed by atoms with Gasteiger partial charge in [0, 0.05) is 0 Å². The molecule has 0 atom stereocenters. The Kier molecular flexibility index (Phi) is 3.57. The predicted molar refractivity (Wildman–Crippen MR) is 72.1 cm³/mol. The fourth-order valence-electron chi connectivity index (χ4n) is 1.71. The molecule has 8 nitrogen and oxygen atoms in total. The van der Waals surface area contributed by atoms with Gasteiger partial charge in [0.1, 0.15) is 11.4 Å². The van der Waals surface area contributed by atoms with Gasteiger partial charge in [-0.1, -0.05) is 5.10 Å². The molecule has 0 aliphatic heterocycles. The summed E-state index contributed by atoms with van der Waals surface area (Å²) in [6.07, 6.45) is 1.47. The molecule has 0 amide bonds. The molecule has 0 aliphatic rings. The quantitative estimate of drug-likeness (QED) is 0.673. The van der Waals surface area contributed by atoms with E-state index in [0.29, 0.717) is 0 Å². The normalized spacial score (nSPS) is 11.0. The SMILES string of the molecule is CCOC(=O)c1nnc(Sc2cc(C)cc3ncnn23)o1. The van der Waals surface area contributed by atoms with Crippen molar-refractivity contribution in [2.45, 2.75) is 24.1 Å². The zero-order valence-corrected chi connectivity index (χ0v) is 12.1. The van der Waals surface area contributed by atoms with Crippen LogP contribution in [0.15, 0.2) is 33.1 Å². The smallest absolute Gasteiger partial charge is 0.396 e. The zero-order chi connectivity index (χ0) is 14.8. The standard InChI is InChI=1S/C12H11N5O3S/c1-3-19-11(18)10-15-16-12(20-10)21-9-5-7(2)4-8-13-6-14-17(8)9/h4-6H,3H2,1-2H3. The Labute approximate surface area is 123 Å². The highest BCUT2D eigenvalue weighted by molar-refractivity contribution is 7.99. The van der Waals surface area contributed by atoms with Gasteiger partial charge in [-0.15, -0.1) is 5.10 Å². The molecule has 0 aromatic carbocycles. The van der Waals surface area contributed by atoms with Gasteiger partial charge in [0.25, 0.3) is 5.22 Å². The molecule has 108 valence electrons. The van der Waals surface area contributed by atoms with Crippen LogP contribution in [-0.2, 0) is 4.74 Å². The van der Waals surface area contributed by atoms with Crippen molar-refractivity contribution in [1.29, 1.82) is 0 Å². The molecule has 3 aromatic heterocycles. The van der Waals surface area contributed by atoms with Crippen LogP contribution in [0.2, 0.25) is 0 Å². The van der Waals surface area contributed by atoms with Crippen LogP contribution < -0.4 is 0 Å². The molecule has 0 aliphatic carbocycles. The molecule has 9 heteroatoms. The number of aryl methyl sites for hydroxylation is 1. The van der Waals surface area contributed by atoms with Gasteiger partial charge in [0.15, 0.2) is 5.65 Å². The van der Waals surface area contributed by atoms with Crippen LogP contribution in [0, 0.1) is 6.92 Å². The molecule has 3 aromatic rings. The molecule has 0 fully saturated rings. The third-order valence-corrected chi connectivity index (χ3v) is 3.38. The van der Waals surface area contributed by atoms with Crippen molar-refractivity contribution in [2.24, 2.45) is 0 Å². The van der Waals surface area contributed by atoms with Crippen LogP contribution in [0.5, 0.6) is 0 Å². The van der Waals surface area contributed by atoms with Gasteiger partial charge in [0.05, 0.1) is 6.61 Å². The summed E-state index contributed by atoms with van der Waals surface area (Å²) in [5.41, 5.74) is 1.76. The summed E-state index contributed by atoms with van der Waals surface area (Å²) >= 11 is 1.20. The second kappa shape index (κ2) is 5.52. The zero-order valence-electron chi connectivity index (χ0n) is 11.3. The maximum atomic E-state index is 11.5. The van der Waals surface area contributed by atoms with Crippen molar-refractivity contribution in [3.63, 3.8) is 0 Å². The molecule has 3 heterocycles. The highest BCUT2D eigenvalue weighted by Gasteiger charge is 2.17.